The quantitative estimate of drug-likeness (QED) is 0.374. The molecule has 0 spiro atoms. The van der Waals surface area contributed by atoms with Crippen molar-refractivity contribution in [2.45, 2.75) is 55.3 Å². The van der Waals surface area contributed by atoms with Gasteiger partial charge in [0.1, 0.15) is 11.4 Å². The summed E-state index contributed by atoms with van der Waals surface area (Å²) in [7, 11) is -4.08. The highest BCUT2D eigenvalue weighted by molar-refractivity contribution is 7.92. The summed E-state index contributed by atoms with van der Waals surface area (Å²) in [6.07, 6.45) is -8.44. The number of Topliss-reactive ketones (excluding diaryl/α,β-unsaturated/α-hetero) is 1. The molecule has 0 saturated heterocycles. The second-order valence-electron chi connectivity index (χ2n) is 8.55. The fourth-order valence-corrected chi connectivity index (χ4v) is 5.62. The van der Waals surface area contributed by atoms with Crippen molar-refractivity contribution in [1.29, 1.82) is 0 Å². The van der Waals surface area contributed by atoms with Crippen LogP contribution in [0.25, 0.3) is 0 Å². The molecule has 0 aliphatic heterocycles. The van der Waals surface area contributed by atoms with Crippen LogP contribution in [0.1, 0.15) is 49.4 Å². The Bertz CT molecular complexity index is 1170. The van der Waals surface area contributed by atoms with E-state index in [0.717, 1.165) is 30.5 Å². The Morgan fingerprint density at radius 3 is 2.32 bits per heavy atom. The molecule has 1 aromatic heterocycles. The van der Waals surface area contributed by atoms with E-state index in [1.54, 1.807) is 0 Å². The molecule has 0 unspecified atom stereocenters. The van der Waals surface area contributed by atoms with E-state index in [2.05, 4.69) is 14.7 Å². The molecule has 1 saturated carbocycles. The number of halogens is 6. The fourth-order valence-electron chi connectivity index (χ4n) is 3.85. The molecule has 1 heterocycles. The third-order valence-corrected chi connectivity index (χ3v) is 8.52. The average molecular weight is 510 g/mol. The van der Waals surface area contributed by atoms with Crippen molar-refractivity contribution in [3.8, 4) is 5.75 Å². The SMILES string of the molecule is CC(C)(C1CC(CC(=O)c2ccnc(C(F)(F)F)n2)C1)S(=O)(=O)c1cccc(OC(F)(F)F)c1. The van der Waals surface area contributed by atoms with Crippen LogP contribution in [-0.4, -0.2) is 35.3 Å². The Hall–Kier alpha value is -2.70. The number of hydrogen-bond donors (Lipinski definition) is 0. The topological polar surface area (TPSA) is 86.2 Å². The van der Waals surface area contributed by atoms with Crippen LogP contribution in [0.3, 0.4) is 0 Å². The van der Waals surface area contributed by atoms with Crippen LogP contribution in [0.5, 0.6) is 5.75 Å². The molecular weight excluding hydrogens is 490 g/mol. The maximum Gasteiger partial charge on any atom is 0.573 e. The fraction of sp³-hybridized carbons (Fsp3) is 0.476. The largest absolute Gasteiger partial charge is 0.573 e. The Morgan fingerprint density at radius 1 is 1.09 bits per heavy atom. The number of hydrogen-bond acceptors (Lipinski definition) is 6. The van der Waals surface area contributed by atoms with E-state index in [1.165, 1.54) is 19.9 Å². The molecular formula is C21H20F6N2O4S. The molecule has 34 heavy (non-hydrogen) atoms. The van der Waals surface area contributed by atoms with Gasteiger partial charge in [0.2, 0.25) is 5.82 Å². The Balaban J connectivity index is 1.68. The predicted octanol–water partition coefficient (Wildman–Crippen LogP) is 5.25. The number of ether oxygens (including phenoxy) is 1. The molecule has 1 fully saturated rings. The van der Waals surface area contributed by atoms with Crippen LogP contribution in [0.2, 0.25) is 0 Å². The lowest BCUT2D eigenvalue weighted by molar-refractivity contribution is -0.274. The first kappa shape index (κ1) is 25.9. The number of aromatic nitrogens is 2. The minimum absolute atomic E-state index is 0.115. The van der Waals surface area contributed by atoms with Gasteiger partial charge in [-0.1, -0.05) is 6.07 Å². The van der Waals surface area contributed by atoms with Crippen molar-refractivity contribution >= 4 is 15.6 Å². The molecule has 1 aliphatic rings. The summed E-state index contributed by atoms with van der Waals surface area (Å²) in [5.74, 6) is -3.39. The molecule has 0 N–H and O–H groups in total. The van der Waals surface area contributed by atoms with Crippen LogP contribution >= 0.6 is 0 Å². The summed E-state index contributed by atoms with van der Waals surface area (Å²) in [6, 6.07) is 5.19. The minimum Gasteiger partial charge on any atom is -0.406 e. The van der Waals surface area contributed by atoms with Crippen LogP contribution in [0.15, 0.2) is 41.4 Å². The highest BCUT2D eigenvalue weighted by atomic mass is 32.2. The number of carbonyl (C=O) groups is 1. The lowest BCUT2D eigenvalue weighted by Crippen LogP contribution is -2.46. The van der Waals surface area contributed by atoms with Gasteiger partial charge in [-0.15, -0.1) is 13.2 Å². The van der Waals surface area contributed by atoms with Gasteiger partial charge in [-0.25, -0.2) is 18.4 Å². The van der Waals surface area contributed by atoms with Gasteiger partial charge in [-0.2, -0.15) is 13.2 Å². The summed E-state index contributed by atoms with van der Waals surface area (Å²) in [5, 5.41) is 0. The Kier molecular flexibility index (Phi) is 6.72. The van der Waals surface area contributed by atoms with Crippen molar-refractivity contribution in [1.82, 2.24) is 9.97 Å². The van der Waals surface area contributed by atoms with Crippen LogP contribution in [0.4, 0.5) is 26.3 Å². The molecule has 2 aromatic rings. The average Bonchev–Trinajstić information content (AvgIpc) is 2.68. The zero-order valence-electron chi connectivity index (χ0n) is 17.9. The van der Waals surface area contributed by atoms with Gasteiger partial charge in [0.05, 0.1) is 9.64 Å². The maximum absolute atomic E-state index is 13.2. The van der Waals surface area contributed by atoms with Gasteiger partial charge in [-0.3, -0.25) is 4.79 Å². The van der Waals surface area contributed by atoms with E-state index < -0.39 is 50.4 Å². The highest BCUT2D eigenvalue weighted by Crippen LogP contribution is 2.48. The smallest absolute Gasteiger partial charge is 0.406 e. The van der Waals surface area contributed by atoms with Crippen molar-refractivity contribution in [2.75, 3.05) is 0 Å². The van der Waals surface area contributed by atoms with E-state index in [-0.39, 0.29) is 22.9 Å². The lowest BCUT2D eigenvalue weighted by Gasteiger charge is -2.44. The second kappa shape index (κ2) is 8.82. The number of benzene rings is 1. The zero-order valence-corrected chi connectivity index (χ0v) is 18.8. The lowest BCUT2D eigenvalue weighted by atomic mass is 9.67. The summed E-state index contributed by atoms with van der Waals surface area (Å²) in [4.78, 5) is 18.4. The number of nitrogens with zero attached hydrogens (tertiary/aromatic N) is 2. The monoisotopic (exact) mass is 510 g/mol. The Morgan fingerprint density at radius 2 is 1.74 bits per heavy atom. The normalized spacial score (nSPS) is 19.4. The second-order valence-corrected chi connectivity index (χ2v) is 11.1. The van der Waals surface area contributed by atoms with Crippen LogP contribution < -0.4 is 4.74 Å². The van der Waals surface area contributed by atoms with Gasteiger partial charge in [0.25, 0.3) is 0 Å². The molecule has 1 aliphatic carbocycles. The summed E-state index contributed by atoms with van der Waals surface area (Å²) >= 11 is 0. The van der Waals surface area contributed by atoms with E-state index in [1.807, 2.05) is 0 Å². The molecule has 13 heteroatoms. The van der Waals surface area contributed by atoms with Gasteiger partial charge < -0.3 is 4.74 Å². The number of ketones is 1. The van der Waals surface area contributed by atoms with Gasteiger partial charge in [0, 0.05) is 12.6 Å². The molecule has 0 amide bonds. The van der Waals surface area contributed by atoms with E-state index in [4.69, 9.17) is 0 Å². The third kappa shape index (κ3) is 5.50. The van der Waals surface area contributed by atoms with Crippen LogP contribution in [-0.2, 0) is 16.0 Å². The van der Waals surface area contributed by atoms with E-state index >= 15 is 0 Å². The van der Waals surface area contributed by atoms with Crippen molar-refractivity contribution in [2.24, 2.45) is 11.8 Å². The van der Waals surface area contributed by atoms with Crippen molar-refractivity contribution in [3.63, 3.8) is 0 Å². The standard InChI is InChI=1S/C21H20F6N2O4S/c1-19(2,34(31,32)15-5-3-4-14(11-15)33-21(25,26)27)13-8-12(9-13)10-17(30)16-6-7-28-18(29-16)20(22,23)24/h3-7,11-13H,8-10H2,1-2H3. The minimum atomic E-state index is -4.98. The molecule has 0 atom stereocenters. The van der Waals surface area contributed by atoms with Gasteiger partial charge in [-0.05, 0) is 62.8 Å². The molecule has 6 nitrogen and oxygen atoms in total. The molecule has 186 valence electrons. The first-order valence-corrected chi connectivity index (χ1v) is 11.5. The first-order chi connectivity index (χ1) is 15.5. The number of rotatable bonds is 7. The molecule has 0 radical (unpaired) electrons. The molecule has 0 bridgehead atoms. The Labute approximate surface area is 191 Å². The van der Waals surface area contributed by atoms with E-state index in [0.29, 0.717) is 12.8 Å². The van der Waals surface area contributed by atoms with Crippen molar-refractivity contribution in [3.05, 3.63) is 48.0 Å². The van der Waals surface area contributed by atoms with Crippen molar-refractivity contribution < 1.29 is 44.3 Å². The molecule has 3 rings (SSSR count). The number of sulfone groups is 1. The third-order valence-electron chi connectivity index (χ3n) is 5.93. The summed E-state index contributed by atoms with van der Waals surface area (Å²) < 4.78 is 104. The predicted molar refractivity (Wildman–Crippen MR) is 107 cm³/mol. The highest BCUT2D eigenvalue weighted by Gasteiger charge is 2.49. The zero-order chi connectivity index (χ0) is 25.5. The summed E-state index contributed by atoms with van der Waals surface area (Å²) in [5.41, 5.74) is -0.376. The first-order valence-electron chi connectivity index (χ1n) is 10.0. The molecule has 1 aromatic carbocycles. The van der Waals surface area contributed by atoms with E-state index in [9.17, 15) is 39.6 Å². The van der Waals surface area contributed by atoms with Crippen LogP contribution in [0, 0.1) is 11.8 Å². The number of alkyl halides is 6. The van der Waals surface area contributed by atoms with Gasteiger partial charge in [0.15, 0.2) is 15.6 Å². The number of carbonyl (C=O) groups excluding carboxylic acids is 1. The summed E-state index contributed by atoms with van der Waals surface area (Å²) in [6.45, 7) is 2.89. The van der Waals surface area contributed by atoms with Gasteiger partial charge >= 0.3 is 12.5 Å². The maximum atomic E-state index is 13.2.